The van der Waals surface area contributed by atoms with Gasteiger partial charge in [0.05, 0.1) is 12.0 Å². The standard InChI is InChI=1S/C34H36FN3O7S/c1-43-22-6-21-36-34(40)33(26-7-4-3-5-8-26)38(23-25-9-15-29(44-2)16-10-25)32(39)24-45-30-17-19-31(20-18-30)46(41,42)37-28-13-11-27(35)12-14-28/h3-5,7-20,33,37H,6,21-24H2,1-2H3,(H,36,40)/t33-/m1/s1. The van der Waals surface area contributed by atoms with Crippen molar-refractivity contribution in [3.05, 3.63) is 120 Å². The Morgan fingerprint density at radius 1 is 0.848 bits per heavy atom. The third kappa shape index (κ3) is 9.53. The van der Waals surface area contributed by atoms with Gasteiger partial charge >= 0.3 is 0 Å². The largest absolute Gasteiger partial charge is 0.497 e. The number of carbonyl (C=O) groups is 2. The van der Waals surface area contributed by atoms with Gasteiger partial charge in [-0.2, -0.15) is 0 Å². The SMILES string of the molecule is COCCCNC(=O)[C@@H](c1ccccc1)N(Cc1ccc(OC)cc1)C(=O)COc1ccc(S(=O)(=O)Nc2ccc(F)cc2)cc1. The van der Waals surface area contributed by atoms with Gasteiger partial charge in [0.25, 0.3) is 15.9 Å². The molecule has 0 saturated heterocycles. The van der Waals surface area contributed by atoms with Crippen LogP contribution in [0.25, 0.3) is 0 Å². The highest BCUT2D eigenvalue weighted by molar-refractivity contribution is 7.92. The van der Waals surface area contributed by atoms with Crippen molar-refractivity contribution in [2.24, 2.45) is 0 Å². The molecule has 46 heavy (non-hydrogen) atoms. The van der Waals surface area contributed by atoms with E-state index in [0.29, 0.717) is 30.9 Å². The van der Waals surface area contributed by atoms with E-state index < -0.39 is 34.4 Å². The number of halogens is 1. The zero-order chi connectivity index (χ0) is 32.9. The fourth-order valence-corrected chi connectivity index (χ4v) is 5.62. The Kier molecular flexibility index (Phi) is 12.1. The third-order valence-corrected chi connectivity index (χ3v) is 8.32. The van der Waals surface area contributed by atoms with E-state index in [9.17, 15) is 22.4 Å². The third-order valence-electron chi connectivity index (χ3n) is 6.92. The minimum absolute atomic E-state index is 0.0501. The van der Waals surface area contributed by atoms with Crippen molar-refractivity contribution in [2.75, 3.05) is 38.7 Å². The summed E-state index contributed by atoms with van der Waals surface area (Å²) in [5.74, 6) is -0.407. The van der Waals surface area contributed by atoms with Gasteiger partial charge in [-0.3, -0.25) is 14.3 Å². The second kappa shape index (κ2) is 16.4. The molecule has 0 spiro atoms. The highest BCUT2D eigenvalue weighted by atomic mass is 32.2. The minimum atomic E-state index is -3.95. The molecule has 0 saturated carbocycles. The van der Waals surface area contributed by atoms with Crippen molar-refractivity contribution in [3.63, 3.8) is 0 Å². The van der Waals surface area contributed by atoms with E-state index in [1.807, 2.05) is 18.2 Å². The molecule has 2 N–H and O–H groups in total. The molecule has 10 nitrogen and oxygen atoms in total. The maximum atomic E-state index is 13.8. The average Bonchev–Trinajstić information content (AvgIpc) is 3.07. The Labute approximate surface area is 268 Å². The van der Waals surface area contributed by atoms with Crippen LogP contribution in [-0.4, -0.2) is 59.1 Å². The van der Waals surface area contributed by atoms with Crippen LogP contribution in [0.4, 0.5) is 10.1 Å². The molecule has 0 aliphatic carbocycles. The smallest absolute Gasteiger partial charge is 0.261 e. The Bertz CT molecular complexity index is 1670. The fourth-order valence-electron chi connectivity index (χ4n) is 4.56. The van der Waals surface area contributed by atoms with E-state index in [1.165, 1.54) is 41.3 Å². The van der Waals surface area contributed by atoms with Crippen LogP contribution in [0.5, 0.6) is 11.5 Å². The summed E-state index contributed by atoms with van der Waals surface area (Å²) < 4.78 is 57.3. The first-order chi connectivity index (χ1) is 22.2. The summed E-state index contributed by atoms with van der Waals surface area (Å²) in [4.78, 5) is 28.8. The molecule has 242 valence electrons. The van der Waals surface area contributed by atoms with Crippen LogP contribution < -0.4 is 19.5 Å². The van der Waals surface area contributed by atoms with Crippen molar-refractivity contribution in [1.29, 1.82) is 0 Å². The highest BCUT2D eigenvalue weighted by Gasteiger charge is 2.32. The molecular weight excluding hydrogens is 613 g/mol. The van der Waals surface area contributed by atoms with Crippen molar-refractivity contribution in [3.8, 4) is 11.5 Å². The molecule has 0 unspecified atom stereocenters. The molecule has 0 heterocycles. The number of hydrogen-bond donors (Lipinski definition) is 2. The van der Waals surface area contributed by atoms with Gasteiger partial charge in [-0.25, -0.2) is 12.8 Å². The zero-order valence-corrected chi connectivity index (χ0v) is 26.3. The summed E-state index contributed by atoms with van der Waals surface area (Å²) in [6, 6.07) is 25.7. The first kappa shape index (κ1) is 33.9. The van der Waals surface area contributed by atoms with Gasteiger partial charge in [0.1, 0.15) is 23.4 Å². The van der Waals surface area contributed by atoms with E-state index in [0.717, 1.165) is 17.7 Å². The molecule has 4 aromatic rings. The quantitative estimate of drug-likeness (QED) is 0.165. The summed E-state index contributed by atoms with van der Waals surface area (Å²) in [5.41, 5.74) is 1.60. The second-order valence-corrected chi connectivity index (χ2v) is 11.9. The van der Waals surface area contributed by atoms with Gasteiger partial charge in [-0.05, 0) is 78.2 Å². The lowest BCUT2D eigenvalue weighted by Crippen LogP contribution is -2.45. The maximum absolute atomic E-state index is 13.8. The number of methoxy groups -OCH3 is 2. The normalized spacial score (nSPS) is 11.7. The van der Waals surface area contributed by atoms with E-state index in [2.05, 4.69) is 10.0 Å². The summed E-state index contributed by atoms with van der Waals surface area (Å²) >= 11 is 0. The number of anilines is 1. The number of nitrogens with zero attached hydrogens (tertiary/aromatic N) is 1. The number of amides is 2. The number of nitrogens with one attached hydrogen (secondary N) is 2. The van der Waals surface area contributed by atoms with Crippen molar-refractivity contribution >= 4 is 27.5 Å². The van der Waals surface area contributed by atoms with E-state index in [-0.39, 0.29) is 28.8 Å². The number of rotatable bonds is 16. The van der Waals surface area contributed by atoms with Gasteiger partial charge in [-0.15, -0.1) is 0 Å². The molecule has 0 aliphatic heterocycles. The van der Waals surface area contributed by atoms with Crippen LogP contribution in [0.1, 0.15) is 23.6 Å². The number of hydrogen-bond acceptors (Lipinski definition) is 7. The highest BCUT2D eigenvalue weighted by Crippen LogP contribution is 2.26. The molecule has 1 atom stereocenters. The molecule has 0 radical (unpaired) electrons. The Morgan fingerprint density at radius 3 is 2.13 bits per heavy atom. The number of sulfonamides is 1. The Hall–Kier alpha value is -4.94. The summed E-state index contributed by atoms with van der Waals surface area (Å²) in [7, 11) is -0.809. The monoisotopic (exact) mass is 649 g/mol. The van der Waals surface area contributed by atoms with Crippen LogP contribution in [0.2, 0.25) is 0 Å². The number of carbonyl (C=O) groups excluding carboxylic acids is 2. The van der Waals surface area contributed by atoms with Crippen LogP contribution in [-0.2, 0) is 30.9 Å². The van der Waals surface area contributed by atoms with Crippen molar-refractivity contribution in [1.82, 2.24) is 10.2 Å². The lowest BCUT2D eigenvalue weighted by Gasteiger charge is -2.31. The van der Waals surface area contributed by atoms with Gasteiger partial charge in [0, 0.05) is 32.5 Å². The molecule has 0 aromatic heterocycles. The van der Waals surface area contributed by atoms with Crippen LogP contribution in [0, 0.1) is 5.82 Å². The molecule has 2 amide bonds. The second-order valence-electron chi connectivity index (χ2n) is 10.2. The molecule has 12 heteroatoms. The van der Waals surface area contributed by atoms with Crippen molar-refractivity contribution in [2.45, 2.75) is 23.9 Å². The molecule has 0 aliphatic rings. The molecule has 0 fully saturated rings. The van der Waals surface area contributed by atoms with Gasteiger partial charge in [-0.1, -0.05) is 42.5 Å². The van der Waals surface area contributed by atoms with Crippen molar-refractivity contribution < 1.29 is 36.6 Å². The topological polar surface area (TPSA) is 123 Å². The maximum Gasteiger partial charge on any atom is 0.261 e. The number of benzene rings is 4. The molecule has 4 rings (SSSR count). The van der Waals surface area contributed by atoms with Gasteiger partial charge in [0.15, 0.2) is 6.61 Å². The molecular formula is C34H36FN3O7S. The lowest BCUT2D eigenvalue weighted by atomic mass is 10.0. The first-order valence-electron chi connectivity index (χ1n) is 14.5. The summed E-state index contributed by atoms with van der Waals surface area (Å²) in [6.45, 7) is 0.517. The minimum Gasteiger partial charge on any atom is -0.497 e. The predicted molar refractivity (Wildman–Crippen MR) is 171 cm³/mol. The number of ether oxygens (including phenoxy) is 3. The Morgan fingerprint density at radius 2 is 1.50 bits per heavy atom. The first-order valence-corrected chi connectivity index (χ1v) is 15.9. The zero-order valence-electron chi connectivity index (χ0n) is 25.5. The van der Waals surface area contributed by atoms with Gasteiger partial charge in [0.2, 0.25) is 5.91 Å². The lowest BCUT2D eigenvalue weighted by molar-refractivity contribution is -0.143. The Balaban J connectivity index is 1.53. The van der Waals surface area contributed by atoms with E-state index in [4.69, 9.17) is 14.2 Å². The summed E-state index contributed by atoms with van der Waals surface area (Å²) in [5, 5.41) is 2.91. The van der Waals surface area contributed by atoms with Crippen LogP contribution in [0.15, 0.2) is 108 Å². The van der Waals surface area contributed by atoms with E-state index in [1.54, 1.807) is 50.6 Å². The molecule has 0 bridgehead atoms. The fraction of sp³-hybridized carbons (Fsp3) is 0.235. The van der Waals surface area contributed by atoms with Gasteiger partial charge < -0.3 is 24.4 Å². The predicted octanol–water partition coefficient (Wildman–Crippen LogP) is 4.94. The summed E-state index contributed by atoms with van der Waals surface area (Å²) in [6.07, 6.45) is 0.602. The molecule has 4 aromatic carbocycles. The van der Waals surface area contributed by atoms with Crippen LogP contribution >= 0.6 is 0 Å². The average molecular weight is 650 g/mol. The van der Waals surface area contributed by atoms with E-state index >= 15 is 0 Å². The van der Waals surface area contributed by atoms with Crippen LogP contribution in [0.3, 0.4) is 0 Å².